The van der Waals surface area contributed by atoms with E-state index in [9.17, 15) is 4.79 Å². The number of hydrazone groups is 1. The van der Waals surface area contributed by atoms with Crippen LogP contribution in [0.2, 0.25) is 15.1 Å². The van der Waals surface area contributed by atoms with Crippen LogP contribution >= 0.6 is 34.8 Å². The molecule has 0 saturated heterocycles. The van der Waals surface area contributed by atoms with E-state index in [1.165, 1.54) is 12.1 Å². The summed E-state index contributed by atoms with van der Waals surface area (Å²) in [4.78, 5) is 11.5. The van der Waals surface area contributed by atoms with Crippen molar-refractivity contribution in [2.75, 3.05) is 6.61 Å². The van der Waals surface area contributed by atoms with E-state index < -0.39 is 0 Å². The number of nitrogens with one attached hydrogen (secondary N) is 1. The van der Waals surface area contributed by atoms with E-state index in [0.29, 0.717) is 15.8 Å². The third-order valence-electron chi connectivity index (χ3n) is 2.22. The molecule has 0 fully saturated rings. The molecule has 19 heavy (non-hydrogen) atoms. The second-order valence-electron chi connectivity index (χ2n) is 3.72. The van der Waals surface area contributed by atoms with Gasteiger partial charge in [0.1, 0.15) is 5.75 Å². The fraction of sp³-hybridized carbons (Fsp3) is 0.333. The van der Waals surface area contributed by atoms with Gasteiger partial charge in [0.25, 0.3) is 5.91 Å². The summed E-state index contributed by atoms with van der Waals surface area (Å²) < 4.78 is 5.24. The minimum Gasteiger partial charge on any atom is -0.482 e. The molecule has 0 heterocycles. The first-order valence-electron chi connectivity index (χ1n) is 5.53. The number of nitrogens with zero attached hydrogens (tertiary/aromatic N) is 1. The molecule has 0 unspecified atom stereocenters. The van der Waals surface area contributed by atoms with Crippen LogP contribution in [0.3, 0.4) is 0 Å². The molecule has 4 nitrogen and oxygen atoms in total. The molecule has 0 aromatic heterocycles. The number of hydrogen-bond donors (Lipinski definition) is 1. The number of carbonyl (C=O) groups is 1. The Balaban J connectivity index is 2.58. The van der Waals surface area contributed by atoms with Gasteiger partial charge in [-0.1, -0.05) is 41.7 Å². The van der Waals surface area contributed by atoms with Gasteiger partial charge in [-0.3, -0.25) is 4.79 Å². The van der Waals surface area contributed by atoms with E-state index in [-0.39, 0.29) is 17.5 Å². The van der Waals surface area contributed by atoms with Crippen LogP contribution in [0.5, 0.6) is 5.75 Å². The Morgan fingerprint density at radius 2 is 1.89 bits per heavy atom. The minimum atomic E-state index is -0.380. The van der Waals surface area contributed by atoms with Gasteiger partial charge in [0.05, 0.1) is 15.1 Å². The van der Waals surface area contributed by atoms with Crippen LogP contribution in [-0.4, -0.2) is 18.2 Å². The Bertz CT molecular complexity index is 504. The molecule has 0 aliphatic carbocycles. The SMILES string of the molecule is CCC(C)=NNC(=O)COc1cc(Cl)c(Cl)cc1Cl. The highest BCUT2D eigenvalue weighted by atomic mass is 35.5. The van der Waals surface area contributed by atoms with E-state index in [0.717, 1.165) is 12.1 Å². The first kappa shape index (κ1) is 16.1. The molecule has 0 spiro atoms. The van der Waals surface area contributed by atoms with E-state index in [1.54, 1.807) is 0 Å². The highest BCUT2D eigenvalue weighted by Crippen LogP contribution is 2.33. The quantitative estimate of drug-likeness (QED) is 0.507. The average molecular weight is 324 g/mol. The zero-order valence-electron chi connectivity index (χ0n) is 10.5. The van der Waals surface area contributed by atoms with Crippen molar-refractivity contribution in [3.8, 4) is 5.75 Å². The van der Waals surface area contributed by atoms with Crippen LogP contribution in [0.1, 0.15) is 20.3 Å². The van der Waals surface area contributed by atoms with E-state index in [2.05, 4.69) is 10.5 Å². The number of benzene rings is 1. The Hall–Kier alpha value is -0.970. The number of hydrogen-bond acceptors (Lipinski definition) is 3. The van der Waals surface area contributed by atoms with E-state index >= 15 is 0 Å². The van der Waals surface area contributed by atoms with Crippen LogP contribution in [0, 0.1) is 0 Å². The summed E-state index contributed by atoms with van der Waals surface area (Å²) in [6.07, 6.45) is 0.764. The Morgan fingerprint density at radius 1 is 1.26 bits per heavy atom. The monoisotopic (exact) mass is 322 g/mol. The fourth-order valence-electron chi connectivity index (χ4n) is 1.03. The topological polar surface area (TPSA) is 50.7 Å². The molecule has 0 aliphatic rings. The van der Waals surface area contributed by atoms with E-state index in [4.69, 9.17) is 39.5 Å². The molecule has 1 N–H and O–H groups in total. The minimum absolute atomic E-state index is 0.210. The first-order chi connectivity index (χ1) is 8.93. The maximum Gasteiger partial charge on any atom is 0.277 e. The maximum atomic E-state index is 11.5. The van der Waals surface area contributed by atoms with Crippen molar-refractivity contribution in [1.29, 1.82) is 0 Å². The zero-order chi connectivity index (χ0) is 14.4. The average Bonchev–Trinajstić information content (AvgIpc) is 2.38. The molecule has 0 bridgehead atoms. The summed E-state index contributed by atoms with van der Waals surface area (Å²) in [6, 6.07) is 2.91. The van der Waals surface area contributed by atoms with Crippen molar-refractivity contribution < 1.29 is 9.53 Å². The second-order valence-corrected chi connectivity index (χ2v) is 4.94. The lowest BCUT2D eigenvalue weighted by Crippen LogP contribution is -2.25. The van der Waals surface area contributed by atoms with Gasteiger partial charge in [0.15, 0.2) is 6.61 Å². The summed E-state index contributed by atoms with van der Waals surface area (Å²) in [5.74, 6) is -0.0858. The summed E-state index contributed by atoms with van der Waals surface area (Å²) in [5, 5.41) is 4.79. The number of amides is 1. The molecule has 0 aliphatic heterocycles. The third-order valence-corrected chi connectivity index (χ3v) is 3.23. The fourth-order valence-corrected chi connectivity index (χ4v) is 1.62. The predicted octanol–water partition coefficient (Wildman–Crippen LogP) is 3.93. The van der Waals surface area contributed by atoms with Crippen molar-refractivity contribution in [2.45, 2.75) is 20.3 Å². The summed E-state index contributed by atoms with van der Waals surface area (Å²) in [7, 11) is 0. The molecule has 1 aromatic rings. The number of carbonyl (C=O) groups excluding carboxylic acids is 1. The normalized spacial score (nSPS) is 11.3. The molecule has 1 aromatic carbocycles. The lowest BCUT2D eigenvalue weighted by atomic mass is 10.3. The lowest BCUT2D eigenvalue weighted by molar-refractivity contribution is -0.123. The van der Waals surface area contributed by atoms with Crippen molar-refractivity contribution >= 4 is 46.4 Å². The standard InChI is InChI=1S/C12H13Cl3N2O2/c1-3-7(2)16-17-12(18)6-19-11-5-9(14)8(13)4-10(11)15/h4-5H,3,6H2,1-2H3,(H,17,18). The Labute approximate surface area is 126 Å². The Kier molecular flexibility index (Phi) is 6.42. The molecule has 7 heteroatoms. The van der Waals surface area contributed by atoms with Crippen LogP contribution in [0.4, 0.5) is 0 Å². The highest BCUT2D eigenvalue weighted by molar-refractivity contribution is 6.43. The van der Waals surface area contributed by atoms with Crippen LogP contribution in [-0.2, 0) is 4.79 Å². The summed E-state index contributed by atoms with van der Waals surface area (Å²) in [6.45, 7) is 3.55. The van der Waals surface area contributed by atoms with Crippen LogP contribution < -0.4 is 10.2 Å². The molecular weight excluding hydrogens is 311 g/mol. The second kappa shape index (κ2) is 7.58. The van der Waals surface area contributed by atoms with Crippen molar-refractivity contribution in [3.63, 3.8) is 0 Å². The summed E-state index contributed by atoms with van der Waals surface area (Å²) >= 11 is 17.5. The van der Waals surface area contributed by atoms with Gasteiger partial charge in [-0.25, -0.2) is 5.43 Å². The van der Waals surface area contributed by atoms with Crippen molar-refractivity contribution in [2.24, 2.45) is 5.10 Å². The number of ether oxygens (including phenoxy) is 1. The molecule has 1 rings (SSSR count). The first-order valence-corrected chi connectivity index (χ1v) is 6.66. The predicted molar refractivity (Wildman–Crippen MR) is 78.5 cm³/mol. The molecule has 0 radical (unpaired) electrons. The smallest absolute Gasteiger partial charge is 0.277 e. The van der Waals surface area contributed by atoms with Gasteiger partial charge in [-0.15, -0.1) is 0 Å². The third kappa shape index (κ3) is 5.27. The van der Waals surface area contributed by atoms with Gasteiger partial charge in [0.2, 0.25) is 0 Å². The molecule has 0 atom stereocenters. The van der Waals surface area contributed by atoms with Crippen LogP contribution in [0.15, 0.2) is 17.2 Å². The molecular formula is C12H13Cl3N2O2. The largest absolute Gasteiger partial charge is 0.482 e. The number of rotatable bonds is 5. The highest BCUT2D eigenvalue weighted by Gasteiger charge is 2.09. The molecule has 1 amide bonds. The van der Waals surface area contributed by atoms with Gasteiger partial charge in [0, 0.05) is 11.8 Å². The van der Waals surface area contributed by atoms with Gasteiger partial charge >= 0.3 is 0 Å². The molecule has 0 saturated carbocycles. The van der Waals surface area contributed by atoms with Gasteiger partial charge < -0.3 is 4.74 Å². The summed E-state index contributed by atoms with van der Waals surface area (Å²) in [5.41, 5.74) is 3.19. The number of halogens is 3. The van der Waals surface area contributed by atoms with Gasteiger partial charge in [-0.05, 0) is 19.4 Å². The maximum absolute atomic E-state index is 11.5. The van der Waals surface area contributed by atoms with Crippen molar-refractivity contribution in [1.82, 2.24) is 5.43 Å². The van der Waals surface area contributed by atoms with Crippen LogP contribution in [0.25, 0.3) is 0 Å². The Morgan fingerprint density at radius 3 is 2.53 bits per heavy atom. The van der Waals surface area contributed by atoms with Crippen molar-refractivity contribution in [3.05, 3.63) is 27.2 Å². The zero-order valence-corrected chi connectivity index (χ0v) is 12.7. The lowest BCUT2D eigenvalue weighted by Gasteiger charge is -2.08. The van der Waals surface area contributed by atoms with Gasteiger partial charge in [-0.2, -0.15) is 5.10 Å². The van der Waals surface area contributed by atoms with E-state index in [1.807, 2.05) is 13.8 Å². The molecule has 104 valence electrons.